The lowest BCUT2D eigenvalue weighted by molar-refractivity contribution is -0.143. The van der Waals surface area contributed by atoms with E-state index in [2.05, 4.69) is 10.4 Å². The predicted molar refractivity (Wildman–Crippen MR) is 69.2 cm³/mol. The van der Waals surface area contributed by atoms with Gasteiger partial charge in [-0.05, 0) is 32.0 Å². The number of hydrogen-bond acceptors (Lipinski definition) is 4. The Morgan fingerprint density at radius 2 is 2.20 bits per heavy atom. The fourth-order valence-corrected chi connectivity index (χ4v) is 1.54. The molecule has 0 atom stereocenters. The van der Waals surface area contributed by atoms with Gasteiger partial charge in [0, 0.05) is 12.4 Å². The third-order valence-corrected chi connectivity index (χ3v) is 2.72. The first-order valence-corrected chi connectivity index (χ1v) is 6.00. The van der Waals surface area contributed by atoms with E-state index in [0.717, 1.165) is 0 Å². The van der Waals surface area contributed by atoms with E-state index in [4.69, 9.17) is 9.52 Å². The van der Waals surface area contributed by atoms with Crippen LogP contribution in [0.15, 0.2) is 35.0 Å². The third-order valence-electron chi connectivity index (χ3n) is 2.72. The van der Waals surface area contributed by atoms with Gasteiger partial charge in [0.15, 0.2) is 5.76 Å². The van der Waals surface area contributed by atoms with Gasteiger partial charge in [-0.25, -0.2) is 4.79 Å². The van der Waals surface area contributed by atoms with Crippen molar-refractivity contribution < 1.29 is 19.1 Å². The number of furan rings is 1. The molecule has 2 aromatic rings. The molecule has 0 fully saturated rings. The van der Waals surface area contributed by atoms with Crippen LogP contribution in [0.3, 0.4) is 0 Å². The highest BCUT2D eigenvalue weighted by Gasteiger charge is 2.30. The van der Waals surface area contributed by atoms with E-state index >= 15 is 0 Å². The Morgan fingerprint density at radius 3 is 2.80 bits per heavy atom. The lowest BCUT2D eigenvalue weighted by Gasteiger charge is -2.19. The van der Waals surface area contributed by atoms with Crippen molar-refractivity contribution in [1.29, 1.82) is 0 Å². The summed E-state index contributed by atoms with van der Waals surface area (Å²) in [4.78, 5) is 22.8. The maximum atomic E-state index is 11.9. The summed E-state index contributed by atoms with van der Waals surface area (Å²) in [6.45, 7) is 3.21. The molecule has 0 aromatic carbocycles. The van der Waals surface area contributed by atoms with Crippen molar-refractivity contribution >= 4 is 11.9 Å². The summed E-state index contributed by atoms with van der Waals surface area (Å²) >= 11 is 0. The van der Waals surface area contributed by atoms with Crippen molar-refractivity contribution in [3.05, 3.63) is 42.1 Å². The summed E-state index contributed by atoms with van der Waals surface area (Å²) in [6, 6.07) is 4.95. The second kappa shape index (κ2) is 5.20. The zero-order chi connectivity index (χ0) is 14.8. The van der Waals surface area contributed by atoms with Crippen LogP contribution in [-0.2, 0) is 11.3 Å². The van der Waals surface area contributed by atoms with Gasteiger partial charge in [0.25, 0.3) is 5.91 Å². The standard InChI is InChI=1S/C13H15N3O4/c1-13(2,12(18)19)15-11(17)10-5-4-9(20-10)8-16-7-3-6-14-16/h3-7H,8H2,1-2H3,(H,15,17)(H,18,19). The molecule has 0 saturated heterocycles. The highest BCUT2D eigenvalue weighted by atomic mass is 16.4. The summed E-state index contributed by atoms with van der Waals surface area (Å²) in [5.74, 6) is -1.05. The lowest BCUT2D eigenvalue weighted by atomic mass is 10.1. The van der Waals surface area contributed by atoms with Crippen LogP contribution in [0.5, 0.6) is 0 Å². The molecule has 7 heteroatoms. The highest BCUT2D eigenvalue weighted by Crippen LogP contribution is 2.11. The zero-order valence-corrected chi connectivity index (χ0v) is 11.2. The van der Waals surface area contributed by atoms with Gasteiger partial charge in [0.2, 0.25) is 0 Å². The van der Waals surface area contributed by atoms with E-state index in [9.17, 15) is 9.59 Å². The van der Waals surface area contributed by atoms with Gasteiger partial charge in [-0.15, -0.1) is 0 Å². The van der Waals surface area contributed by atoms with E-state index in [1.54, 1.807) is 29.2 Å². The van der Waals surface area contributed by atoms with Crippen LogP contribution in [0.1, 0.15) is 30.2 Å². The van der Waals surface area contributed by atoms with Crippen molar-refractivity contribution in [3.63, 3.8) is 0 Å². The first kappa shape index (κ1) is 13.9. The molecular weight excluding hydrogens is 262 g/mol. The smallest absolute Gasteiger partial charge is 0.328 e. The third kappa shape index (κ3) is 3.05. The van der Waals surface area contributed by atoms with E-state index in [-0.39, 0.29) is 5.76 Å². The van der Waals surface area contributed by atoms with Crippen LogP contribution in [0.4, 0.5) is 0 Å². The minimum Gasteiger partial charge on any atom is -0.480 e. The molecule has 2 aromatic heterocycles. The van der Waals surface area contributed by atoms with Gasteiger partial charge in [0.1, 0.15) is 11.3 Å². The second-order valence-corrected chi connectivity index (χ2v) is 4.85. The van der Waals surface area contributed by atoms with Crippen LogP contribution in [0, 0.1) is 0 Å². The molecule has 0 bridgehead atoms. The van der Waals surface area contributed by atoms with Crippen molar-refractivity contribution in [2.75, 3.05) is 0 Å². The molecule has 0 unspecified atom stereocenters. The van der Waals surface area contributed by atoms with Crippen molar-refractivity contribution in [2.45, 2.75) is 25.9 Å². The summed E-state index contributed by atoms with van der Waals surface area (Å²) < 4.78 is 7.03. The van der Waals surface area contributed by atoms with Crippen LogP contribution in [0.25, 0.3) is 0 Å². The topological polar surface area (TPSA) is 97.4 Å². The minimum atomic E-state index is -1.36. The number of hydrogen-bond donors (Lipinski definition) is 2. The molecule has 0 radical (unpaired) electrons. The summed E-state index contributed by atoms with van der Waals surface area (Å²) in [5.41, 5.74) is -1.36. The Kier molecular flexibility index (Phi) is 3.60. The molecule has 0 spiro atoms. The van der Waals surface area contributed by atoms with Crippen LogP contribution < -0.4 is 5.32 Å². The Bertz CT molecular complexity index is 613. The molecule has 7 nitrogen and oxygen atoms in total. The number of nitrogens with one attached hydrogen (secondary N) is 1. The van der Waals surface area contributed by atoms with Gasteiger partial charge in [-0.1, -0.05) is 0 Å². The number of carboxylic acids is 1. The average molecular weight is 277 g/mol. The molecule has 1 amide bonds. The fraction of sp³-hybridized carbons (Fsp3) is 0.308. The fourth-order valence-electron chi connectivity index (χ4n) is 1.54. The maximum absolute atomic E-state index is 11.9. The molecule has 20 heavy (non-hydrogen) atoms. The Labute approximate surface area is 115 Å². The lowest BCUT2D eigenvalue weighted by Crippen LogP contribution is -2.49. The number of amides is 1. The first-order chi connectivity index (χ1) is 9.38. The maximum Gasteiger partial charge on any atom is 0.328 e. The largest absolute Gasteiger partial charge is 0.480 e. The normalized spacial score (nSPS) is 11.3. The van der Waals surface area contributed by atoms with Crippen molar-refractivity contribution in [1.82, 2.24) is 15.1 Å². The van der Waals surface area contributed by atoms with Gasteiger partial charge >= 0.3 is 5.97 Å². The molecule has 106 valence electrons. The minimum absolute atomic E-state index is 0.0708. The predicted octanol–water partition coefficient (Wildman–Crippen LogP) is 1.12. The molecular formula is C13H15N3O4. The van der Waals surface area contributed by atoms with Crippen molar-refractivity contribution in [2.24, 2.45) is 0 Å². The quantitative estimate of drug-likeness (QED) is 0.853. The monoisotopic (exact) mass is 277 g/mol. The first-order valence-electron chi connectivity index (χ1n) is 6.00. The summed E-state index contributed by atoms with van der Waals surface area (Å²) in [7, 11) is 0. The number of carboxylic acid groups (broad SMARTS) is 1. The van der Waals surface area contributed by atoms with E-state index in [1.807, 2.05) is 0 Å². The average Bonchev–Trinajstić information content (AvgIpc) is 3.00. The van der Waals surface area contributed by atoms with Gasteiger partial charge in [-0.2, -0.15) is 5.10 Å². The number of carbonyl (C=O) groups is 2. The van der Waals surface area contributed by atoms with E-state index < -0.39 is 17.4 Å². The van der Waals surface area contributed by atoms with Gasteiger partial charge in [-0.3, -0.25) is 9.48 Å². The van der Waals surface area contributed by atoms with Gasteiger partial charge < -0.3 is 14.8 Å². The van der Waals surface area contributed by atoms with Crippen molar-refractivity contribution in [3.8, 4) is 0 Å². The Morgan fingerprint density at radius 1 is 1.45 bits per heavy atom. The SMILES string of the molecule is CC(C)(NC(=O)c1ccc(Cn2cccn2)o1)C(=O)O. The number of aliphatic carboxylic acids is 1. The summed E-state index contributed by atoms with van der Waals surface area (Å²) in [5, 5.41) is 15.4. The van der Waals surface area contributed by atoms with Gasteiger partial charge in [0.05, 0.1) is 6.54 Å². The zero-order valence-electron chi connectivity index (χ0n) is 11.2. The summed E-state index contributed by atoms with van der Waals surface area (Å²) in [6.07, 6.45) is 3.42. The number of aromatic nitrogens is 2. The molecule has 2 heterocycles. The Balaban J connectivity index is 2.05. The number of carbonyl (C=O) groups excluding carboxylic acids is 1. The second-order valence-electron chi connectivity index (χ2n) is 4.85. The molecule has 0 aliphatic carbocycles. The van der Waals surface area contributed by atoms with Crippen LogP contribution >= 0.6 is 0 Å². The number of nitrogens with zero attached hydrogens (tertiary/aromatic N) is 2. The van der Waals surface area contributed by atoms with Crippen LogP contribution in [-0.4, -0.2) is 32.3 Å². The molecule has 2 rings (SSSR count). The molecule has 2 N–H and O–H groups in total. The van der Waals surface area contributed by atoms with E-state index in [0.29, 0.717) is 12.3 Å². The van der Waals surface area contributed by atoms with Crippen LogP contribution in [0.2, 0.25) is 0 Å². The molecule has 0 saturated carbocycles. The van der Waals surface area contributed by atoms with E-state index in [1.165, 1.54) is 19.9 Å². The molecule has 0 aliphatic heterocycles. The highest BCUT2D eigenvalue weighted by molar-refractivity contribution is 5.95. The molecule has 0 aliphatic rings. The Hall–Kier alpha value is -2.57. The number of rotatable bonds is 5.